The smallest absolute Gasteiger partial charge is 0.261 e. The molecule has 2 aromatic heterocycles. The number of pyridine rings is 1. The van der Waals surface area contributed by atoms with Gasteiger partial charge in [-0.3, -0.25) is 4.79 Å². The Kier molecular flexibility index (Phi) is 5.11. The summed E-state index contributed by atoms with van der Waals surface area (Å²) in [4.78, 5) is 28.2. The normalized spacial score (nSPS) is 19.3. The zero-order valence-electron chi connectivity index (χ0n) is 18.6. The van der Waals surface area contributed by atoms with Crippen LogP contribution < -0.4 is 16.2 Å². The number of hydrogen-bond donors (Lipinski definition) is 3. The highest BCUT2D eigenvalue weighted by atomic mass is 16.5. The second-order valence-corrected chi connectivity index (χ2v) is 8.79. The molecule has 0 radical (unpaired) electrons. The van der Waals surface area contributed by atoms with E-state index in [1.807, 2.05) is 30.3 Å². The Hall–Kier alpha value is -3.36. The monoisotopic (exact) mass is 432 g/mol. The molecule has 1 saturated heterocycles. The fraction of sp³-hybridized carbons (Fsp3) is 0.333. The SMILES string of the molecule is C[C@@H]1CO[C@H](CN(C)C)CN1c1ccc2nc(-c3c(N)c4ccccc4[nH]c3=O)[nH]c2c1. The van der Waals surface area contributed by atoms with E-state index in [4.69, 9.17) is 10.5 Å². The van der Waals surface area contributed by atoms with Crippen LogP contribution in [0.25, 0.3) is 33.3 Å². The van der Waals surface area contributed by atoms with Gasteiger partial charge in [0.25, 0.3) is 5.56 Å². The highest BCUT2D eigenvalue weighted by Crippen LogP contribution is 2.30. The second-order valence-electron chi connectivity index (χ2n) is 8.79. The predicted octanol–water partition coefficient (Wildman–Crippen LogP) is 2.81. The van der Waals surface area contributed by atoms with Crippen LogP contribution in [0.4, 0.5) is 11.4 Å². The summed E-state index contributed by atoms with van der Waals surface area (Å²) >= 11 is 0. The van der Waals surface area contributed by atoms with E-state index in [-0.39, 0.29) is 17.7 Å². The van der Waals surface area contributed by atoms with Crippen LogP contribution in [-0.4, -0.2) is 65.8 Å². The van der Waals surface area contributed by atoms with E-state index in [1.165, 1.54) is 0 Å². The third kappa shape index (κ3) is 3.61. The first-order valence-electron chi connectivity index (χ1n) is 10.8. The zero-order chi connectivity index (χ0) is 22.4. The van der Waals surface area contributed by atoms with Gasteiger partial charge in [0.1, 0.15) is 11.4 Å². The maximum atomic E-state index is 12.8. The van der Waals surface area contributed by atoms with Crippen LogP contribution in [0.1, 0.15) is 6.92 Å². The summed E-state index contributed by atoms with van der Waals surface area (Å²) in [6.45, 7) is 4.56. The minimum Gasteiger partial charge on any atom is -0.397 e. The van der Waals surface area contributed by atoms with Crippen molar-refractivity contribution in [2.24, 2.45) is 0 Å². The summed E-state index contributed by atoms with van der Waals surface area (Å²) in [5, 5.41) is 0.803. The molecule has 4 N–H and O–H groups in total. The average molecular weight is 433 g/mol. The van der Waals surface area contributed by atoms with Gasteiger partial charge in [-0.05, 0) is 45.3 Å². The van der Waals surface area contributed by atoms with Crippen molar-refractivity contribution in [3.8, 4) is 11.4 Å². The van der Waals surface area contributed by atoms with Crippen LogP contribution in [0.2, 0.25) is 0 Å². The fourth-order valence-electron chi connectivity index (χ4n) is 4.49. The maximum absolute atomic E-state index is 12.8. The lowest BCUT2D eigenvalue weighted by molar-refractivity contribution is 0.00880. The molecule has 3 heterocycles. The Morgan fingerprint density at radius 3 is 2.81 bits per heavy atom. The molecule has 0 aliphatic carbocycles. The second kappa shape index (κ2) is 7.96. The van der Waals surface area contributed by atoms with Gasteiger partial charge in [-0.15, -0.1) is 0 Å². The Morgan fingerprint density at radius 2 is 2.00 bits per heavy atom. The van der Waals surface area contributed by atoms with Gasteiger partial charge in [-0.1, -0.05) is 18.2 Å². The highest BCUT2D eigenvalue weighted by molar-refractivity contribution is 5.97. The number of H-pyrrole nitrogens is 2. The number of fused-ring (bicyclic) bond motifs is 2. The third-order valence-electron chi connectivity index (χ3n) is 6.07. The molecule has 0 spiro atoms. The number of aromatic nitrogens is 3. The van der Waals surface area contributed by atoms with Crippen LogP contribution in [-0.2, 0) is 4.74 Å². The molecule has 8 heteroatoms. The maximum Gasteiger partial charge on any atom is 0.261 e. The van der Waals surface area contributed by atoms with E-state index in [0.717, 1.165) is 35.2 Å². The summed E-state index contributed by atoms with van der Waals surface area (Å²) in [6, 6.07) is 13.9. The van der Waals surface area contributed by atoms with Crippen LogP contribution in [0.15, 0.2) is 47.3 Å². The number of nitrogen functional groups attached to an aromatic ring is 1. The van der Waals surface area contributed by atoms with Crippen molar-refractivity contribution in [1.29, 1.82) is 0 Å². The van der Waals surface area contributed by atoms with Crippen LogP contribution in [0.5, 0.6) is 0 Å². The first-order valence-corrected chi connectivity index (χ1v) is 10.8. The molecule has 1 aliphatic rings. The number of hydrogen-bond acceptors (Lipinski definition) is 6. The van der Waals surface area contributed by atoms with Crippen LogP contribution >= 0.6 is 0 Å². The Balaban J connectivity index is 1.53. The summed E-state index contributed by atoms with van der Waals surface area (Å²) in [5.74, 6) is 0.474. The number of para-hydroxylation sites is 1. The molecule has 2 aromatic carbocycles. The molecule has 0 unspecified atom stereocenters. The van der Waals surface area contributed by atoms with E-state index in [0.29, 0.717) is 29.2 Å². The van der Waals surface area contributed by atoms with E-state index >= 15 is 0 Å². The van der Waals surface area contributed by atoms with Gasteiger partial charge in [-0.2, -0.15) is 0 Å². The number of morpholine rings is 1. The number of nitrogens with zero attached hydrogens (tertiary/aromatic N) is 3. The van der Waals surface area contributed by atoms with Gasteiger partial charge in [0.2, 0.25) is 0 Å². The molecular weight excluding hydrogens is 404 g/mol. The lowest BCUT2D eigenvalue weighted by atomic mass is 10.1. The standard InChI is InChI=1S/C24H28N6O2/c1-14-13-32-16(11-29(2)3)12-30(14)15-8-9-19-20(10-15)27-23(26-19)21-22(25)17-6-4-5-7-18(17)28-24(21)31/h4-10,14,16H,11-13H2,1-3H3,(H,26,27)(H3,25,28,31)/t14-,16-/m1/s1. The third-order valence-corrected chi connectivity index (χ3v) is 6.07. The molecule has 0 saturated carbocycles. The molecular formula is C24H28N6O2. The van der Waals surface area contributed by atoms with Crippen molar-refractivity contribution >= 4 is 33.3 Å². The molecule has 1 aliphatic heterocycles. The largest absolute Gasteiger partial charge is 0.397 e. The van der Waals surface area contributed by atoms with E-state index in [9.17, 15) is 4.79 Å². The quantitative estimate of drug-likeness (QED) is 0.458. The Bertz CT molecular complexity index is 1340. The fourth-order valence-corrected chi connectivity index (χ4v) is 4.49. The Labute approximate surface area is 186 Å². The van der Waals surface area contributed by atoms with Crippen molar-refractivity contribution in [1.82, 2.24) is 19.9 Å². The molecule has 0 amide bonds. The van der Waals surface area contributed by atoms with Crippen LogP contribution in [0, 0.1) is 0 Å². The summed E-state index contributed by atoms with van der Waals surface area (Å²) in [5.41, 5.74) is 10.4. The summed E-state index contributed by atoms with van der Waals surface area (Å²) in [6.07, 6.45) is 0.158. The van der Waals surface area contributed by atoms with Crippen molar-refractivity contribution in [2.75, 3.05) is 44.4 Å². The van der Waals surface area contributed by atoms with Crippen molar-refractivity contribution in [3.05, 3.63) is 52.8 Å². The van der Waals surface area contributed by atoms with Crippen molar-refractivity contribution in [3.63, 3.8) is 0 Å². The molecule has 2 atom stereocenters. The average Bonchev–Trinajstić information content (AvgIpc) is 3.17. The number of rotatable bonds is 4. The van der Waals surface area contributed by atoms with Gasteiger partial charge < -0.3 is 30.2 Å². The first-order chi connectivity index (χ1) is 15.4. The van der Waals surface area contributed by atoms with Crippen molar-refractivity contribution < 1.29 is 4.74 Å². The topological polar surface area (TPSA) is 103 Å². The molecule has 0 bridgehead atoms. The number of likely N-dealkylation sites (N-methyl/N-ethyl adjacent to an activating group) is 1. The van der Waals surface area contributed by atoms with E-state index < -0.39 is 0 Å². The van der Waals surface area contributed by atoms with Gasteiger partial charge in [0.05, 0.1) is 34.9 Å². The molecule has 32 heavy (non-hydrogen) atoms. The van der Waals surface area contributed by atoms with Crippen molar-refractivity contribution in [2.45, 2.75) is 19.1 Å². The van der Waals surface area contributed by atoms with E-state index in [2.05, 4.69) is 57.9 Å². The molecule has 4 aromatic rings. The van der Waals surface area contributed by atoms with Gasteiger partial charge >= 0.3 is 0 Å². The van der Waals surface area contributed by atoms with Gasteiger partial charge in [0, 0.05) is 30.2 Å². The molecule has 1 fully saturated rings. The molecule has 5 rings (SSSR count). The molecule has 166 valence electrons. The number of ether oxygens (including phenoxy) is 1. The minimum atomic E-state index is -0.256. The zero-order valence-corrected chi connectivity index (χ0v) is 18.6. The van der Waals surface area contributed by atoms with Crippen LogP contribution in [0.3, 0.4) is 0 Å². The van der Waals surface area contributed by atoms with Gasteiger partial charge in [0.15, 0.2) is 0 Å². The summed E-state index contributed by atoms with van der Waals surface area (Å²) < 4.78 is 6.01. The summed E-state index contributed by atoms with van der Waals surface area (Å²) in [7, 11) is 4.12. The highest BCUT2D eigenvalue weighted by Gasteiger charge is 2.27. The first kappa shape index (κ1) is 20.5. The number of nitrogens with one attached hydrogen (secondary N) is 2. The number of imidazole rings is 1. The predicted molar refractivity (Wildman–Crippen MR) is 129 cm³/mol. The number of benzene rings is 2. The minimum absolute atomic E-state index is 0.158. The number of nitrogens with two attached hydrogens (primary N) is 1. The lowest BCUT2D eigenvalue weighted by Gasteiger charge is -2.40. The number of aromatic amines is 2. The van der Waals surface area contributed by atoms with Gasteiger partial charge in [-0.25, -0.2) is 4.98 Å². The lowest BCUT2D eigenvalue weighted by Crippen LogP contribution is -2.51. The van der Waals surface area contributed by atoms with E-state index in [1.54, 1.807) is 0 Å². The molecule has 8 nitrogen and oxygen atoms in total. The Morgan fingerprint density at radius 1 is 1.19 bits per heavy atom. The number of anilines is 2.